The van der Waals surface area contributed by atoms with E-state index in [1.807, 2.05) is 6.07 Å². The lowest BCUT2D eigenvalue weighted by Crippen LogP contribution is -2.56. The number of nitrogens with two attached hydrogens (primary N) is 1. The first-order valence-electron chi connectivity index (χ1n) is 7.76. The molecule has 1 heterocycles. The van der Waals surface area contributed by atoms with E-state index in [1.165, 1.54) is 6.07 Å². The van der Waals surface area contributed by atoms with Crippen LogP contribution < -0.4 is 5.73 Å². The summed E-state index contributed by atoms with van der Waals surface area (Å²) >= 11 is 0. The number of methoxy groups -OCH3 is 1. The van der Waals surface area contributed by atoms with Gasteiger partial charge in [0.25, 0.3) is 0 Å². The molecule has 0 amide bonds. The fourth-order valence-electron chi connectivity index (χ4n) is 3.27. The Bertz CT molecular complexity index is 446. The predicted octanol–water partition coefficient (Wildman–Crippen LogP) is 2.44. The number of likely N-dealkylation sites (tertiary alicyclic amines) is 1. The lowest BCUT2D eigenvalue weighted by molar-refractivity contribution is 0.0426. The molecule has 21 heavy (non-hydrogen) atoms. The summed E-state index contributed by atoms with van der Waals surface area (Å²) in [4.78, 5) is 2.46. The van der Waals surface area contributed by atoms with E-state index in [-0.39, 0.29) is 11.4 Å². The molecule has 0 aromatic heterocycles. The number of piperidine rings is 1. The van der Waals surface area contributed by atoms with Crippen LogP contribution in [0, 0.1) is 11.7 Å². The summed E-state index contributed by atoms with van der Waals surface area (Å²) in [6, 6.07) is 6.85. The predicted molar refractivity (Wildman–Crippen MR) is 83.7 cm³/mol. The summed E-state index contributed by atoms with van der Waals surface area (Å²) in [7, 11) is 1.76. The Morgan fingerprint density at radius 2 is 2.10 bits per heavy atom. The summed E-state index contributed by atoms with van der Waals surface area (Å²) < 4.78 is 18.6. The van der Waals surface area contributed by atoms with Gasteiger partial charge < -0.3 is 10.5 Å². The molecule has 1 aliphatic heterocycles. The van der Waals surface area contributed by atoms with Gasteiger partial charge in [0.05, 0.1) is 0 Å². The topological polar surface area (TPSA) is 38.5 Å². The van der Waals surface area contributed by atoms with Crippen molar-refractivity contribution in [3.05, 3.63) is 35.6 Å². The van der Waals surface area contributed by atoms with Gasteiger partial charge in [0.2, 0.25) is 0 Å². The van der Waals surface area contributed by atoms with Crippen LogP contribution in [-0.2, 0) is 11.2 Å². The Balaban J connectivity index is 2.01. The molecule has 0 bridgehead atoms. The minimum absolute atomic E-state index is 0.105. The fourth-order valence-corrected chi connectivity index (χ4v) is 3.27. The van der Waals surface area contributed by atoms with Crippen LogP contribution in [0.5, 0.6) is 0 Å². The maximum Gasteiger partial charge on any atom is 0.123 e. The van der Waals surface area contributed by atoms with Crippen molar-refractivity contribution < 1.29 is 9.13 Å². The van der Waals surface area contributed by atoms with Crippen LogP contribution >= 0.6 is 0 Å². The molecule has 0 saturated carbocycles. The second kappa shape index (κ2) is 7.34. The first-order chi connectivity index (χ1) is 10.1. The number of ether oxygens (including phenoxy) is 1. The van der Waals surface area contributed by atoms with Crippen LogP contribution in [0.3, 0.4) is 0 Å². The largest absolute Gasteiger partial charge is 0.384 e. The van der Waals surface area contributed by atoms with Crippen molar-refractivity contribution >= 4 is 0 Å². The van der Waals surface area contributed by atoms with Gasteiger partial charge in [-0.25, -0.2) is 4.39 Å². The zero-order valence-electron chi connectivity index (χ0n) is 13.1. The summed E-state index contributed by atoms with van der Waals surface area (Å²) in [5.74, 6) is 0.480. The molecule has 1 fully saturated rings. The number of benzene rings is 1. The molecule has 1 aliphatic rings. The van der Waals surface area contributed by atoms with E-state index in [0.29, 0.717) is 12.5 Å². The smallest absolute Gasteiger partial charge is 0.123 e. The van der Waals surface area contributed by atoms with Crippen LogP contribution in [-0.4, -0.2) is 43.8 Å². The van der Waals surface area contributed by atoms with Gasteiger partial charge in [-0.3, -0.25) is 4.90 Å². The van der Waals surface area contributed by atoms with E-state index < -0.39 is 0 Å². The summed E-state index contributed by atoms with van der Waals surface area (Å²) in [5.41, 5.74) is 6.97. The lowest BCUT2D eigenvalue weighted by atomic mass is 9.87. The number of hydrogen-bond acceptors (Lipinski definition) is 3. The number of halogens is 1. The summed E-state index contributed by atoms with van der Waals surface area (Å²) in [6.07, 6.45) is 3.08. The average molecular weight is 294 g/mol. The van der Waals surface area contributed by atoms with Gasteiger partial charge in [-0.2, -0.15) is 0 Å². The minimum atomic E-state index is -0.175. The molecule has 1 unspecified atom stereocenters. The highest BCUT2D eigenvalue weighted by Gasteiger charge is 2.33. The van der Waals surface area contributed by atoms with Crippen molar-refractivity contribution in [3.8, 4) is 0 Å². The van der Waals surface area contributed by atoms with Crippen molar-refractivity contribution in [2.45, 2.75) is 31.7 Å². The van der Waals surface area contributed by atoms with E-state index in [1.54, 1.807) is 19.2 Å². The maximum absolute atomic E-state index is 13.4. The molecular weight excluding hydrogens is 267 g/mol. The highest BCUT2D eigenvalue weighted by Crippen LogP contribution is 2.27. The highest BCUT2D eigenvalue weighted by molar-refractivity contribution is 5.19. The number of rotatable bonds is 6. The summed E-state index contributed by atoms with van der Waals surface area (Å²) in [6.45, 7) is 5.69. The normalized spacial score (nSPS) is 20.4. The third-order valence-electron chi connectivity index (χ3n) is 4.69. The quantitative estimate of drug-likeness (QED) is 0.876. The molecule has 1 saturated heterocycles. The highest BCUT2D eigenvalue weighted by atomic mass is 19.1. The van der Waals surface area contributed by atoms with E-state index >= 15 is 0 Å². The second-order valence-corrected chi connectivity index (χ2v) is 6.39. The Labute approximate surface area is 127 Å². The maximum atomic E-state index is 13.4. The van der Waals surface area contributed by atoms with Crippen molar-refractivity contribution in [1.82, 2.24) is 4.90 Å². The van der Waals surface area contributed by atoms with Crippen molar-refractivity contribution in [2.75, 3.05) is 33.4 Å². The van der Waals surface area contributed by atoms with Gasteiger partial charge in [-0.1, -0.05) is 12.1 Å². The van der Waals surface area contributed by atoms with E-state index in [2.05, 4.69) is 11.8 Å². The van der Waals surface area contributed by atoms with Crippen LogP contribution in [0.15, 0.2) is 24.3 Å². The average Bonchev–Trinajstić information content (AvgIpc) is 2.48. The second-order valence-electron chi connectivity index (χ2n) is 6.39. The van der Waals surface area contributed by atoms with Crippen LogP contribution in [0.25, 0.3) is 0 Å². The Morgan fingerprint density at radius 3 is 2.67 bits per heavy atom. The van der Waals surface area contributed by atoms with Gasteiger partial charge in [-0.15, -0.1) is 0 Å². The van der Waals surface area contributed by atoms with Crippen molar-refractivity contribution in [3.63, 3.8) is 0 Å². The molecule has 2 rings (SSSR count). The van der Waals surface area contributed by atoms with Gasteiger partial charge >= 0.3 is 0 Å². The molecule has 3 nitrogen and oxygen atoms in total. The van der Waals surface area contributed by atoms with Gasteiger partial charge in [0.15, 0.2) is 0 Å². The van der Waals surface area contributed by atoms with E-state index in [0.717, 1.165) is 44.5 Å². The Kier molecular flexibility index (Phi) is 5.73. The third kappa shape index (κ3) is 4.25. The molecule has 4 heteroatoms. The first kappa shape index (κ1) is 16.4. The monoisotopic (exact) mass is 294 g/mol. The Morgan fingerprint density at radius 1 is 1.38 bits per heavy atom. The zero-order valence-corrected chi connectivity index (χ0v) is 13.1. The third-order valence-corrected chi connectivity index (χ3v) is 4.69. The minimum Gasteiger partial charge on any atom is -0.384 e. The van der Waals surface area contributed by atoms with Gasteiger partial charge in [-0.05, 0) is 62.9 Å². The van der Waals surface area contributed by atoms with Crippen LogP contribution in [0.4, 0.5) is 4.39 Å². The van der Waals surface area contributed by atoms with Gasteiger partial charge in [0, 0.05) is 25.8 Å². The van der Waals surface area contributed by atoms with Crippen LogP contribution in [0.2, 0.25) is 0 Å². The van der Waals surface area contributed by atoms with Crippen molar-refractivity contribution in [1.29, 1.82) is 0 Å². The Hall–Kier alpha value is -0.970. The summed E-state index contributed by atoms with van der Waals surface area (Å²) in [5, 5.41) is 0. The fraction of sp³-hybridized carbons (Fsp3) is 0.647. The molecule has 0 radical (unpaired) electrons. The standard InChI is InChI=1S/C17H27FN2O/c1-17(13-19,11-15-4-3-5-16(18)10-15)20-8-6-14(7-9-20)12-21-2/h3-5,10,14H,6-9,11-13,19H2,1-2H3. The van der Waals surface area contributed by atoms with Crippen molar-refractivity contribution in [2.24, 2.45) is 11.7 Å². The number of hydrogen-bond donors (Lipinski definition) is 1. The molecule has 1 aromatic rings. The molecular formula is C17H27FN2O. The van der Waals surface area contributed by atoms with Gasteiger partial charge in [0.1, 0.15) is 5.82 Å². The van der Waals surface area contributed by atoms with E-state index in [9.17, 15) is 4.39 Å². The molecule has 1 aromatic carbocycles. The molecule has 1 atom stereocenters. The first-order valence-corrected chi connectivity index (χ1v) is 7.76. The molecule has 118 valence electrons. The molecule has 2 N–H and O–H groups in total. The zero-order chi connectivity index (χ0) is 15.3. The van der Waals surface area contributed by atoms with Crippen LogP contribution in [0.1, 0.15) is 25.3 Å². The molecule has 0 spiro atoms. The SMILES string of the molecule is COCC1CCN(C(C)(CN)Cc2cccc(F)c2)CC1. The number of nitrogens with zero attached hydrogens (tertiary/aromatic N) is 1. The molecule has 0 aliphatic carbocycles. The van der Waals surface area contributed by atoms with E-state index in [4.69, 9.17) is 10.5 Å². The lowest BCUT2D eigenvalue weighted by Gasteiger charge is -2.44.